The van der Waals surface area contributed by atoms with E-state index in [4.69, 9.17) is 11.5 Å². The summed E-state index contributed by atoms with van der Waals surface area (Å²) < 4.78 is 0. The zero-order chi connectivity index (χ0) is 12.8. The molecule has 1 rings (SSSR count). The number of terminal acetylenes is 1. The molecule has 0 aromatic rings. The molecule has 0 bridgehead atoms. The van der Waals surface area contributed by atoms with Crippen molar-refractivity contribution in [2.24, 2.45) is 0 Å². The number of hydrogen-bond acceptors (Lipinski definition) is 3. The van der Waals surface area contributed by atoms with Crippen LogP contribution in [-0.4, -0.2) is 52.1 Å². The third-order valence-corrected chi connectivity index (χ3v) is 3.60. The van der Waals surface area contributed by atoms with E-state index in [-0.39, 0.29) is 12.1 Å². The van der Waals surface area contributed by atoms with E-state index in [1.165, 1.54) is 4.90 Å². The van der Waals surface area contributed by atoms with Gasteiger partial charge in [-0.25, -0.2) is 9.59 Å². The van der Waals surface area contributed by atoms with Crippen LogP contribution in [0.1, 0.15) is 13.3 Å². The number of thioether (sulfide) groups is 1. The van der Waals surface area contributed by atoms with Crippen molar-refractivity contribution in [3.8, 4) is 12.3 Å². The molecule has 1 heterocycles. The van der Waals surface area contributed by atoms with Gasteiger partial charge in [0.15, 0.2) is 0 Å². The summed E-state index contributed by atoms with van der Waals surface area (Å²) >= 11 is 1.54. The van der Waals surface area contributed by atoms with Crippen LogP contribution in [0.4, 0.5) is 4.79 Å². The molecule has 5 nitrogen and oxygen atoms in total. The van der Waals surface area contributed by atoms with Crippen molar-refractivity contribution >= 4 is 23.8 Å². The number of carboxylic acids is 1. The maximum absolute atomic E-state index is 11.9. The molecule has 6 heteroatoms. The second kappa shape index (κ2) is 6.40. The van der Waals surface area contributed by atoms with Crippen LogP contribution in [0.15, 0.2) is 0 Å². The highest BCUT2D eigenvalue weighted by molar-refractivity contribution is 7.99. The van der Waals surface area contributed by atoms with Gasteiger partial charge in [0, 0.05) is 18.1 Å². The van der Waals surface area contributed by atoms with Crippen molar-refractivity contribution in [3.05, 3.63) is 0 Å². The maximum atomic E-state index is 11.9. The molecule has 0 aliphatic carbocycles. The molecule has 1 aliphatic rings. The summed E-state index contributed by atoms with van der Waals surface area (Å²) in [5.74, 6) is 2.66. The van der Waals surface area contributed by atoms with Gasteiger partial charge >= 0.3 is 12.0 Å². The molecule has 1 fully saturated rings. The lowest BCUT2D eigenvalue weighted by molar-refractivity contribution is -0.141. The first-order valence-electron chi connectivity index (χ1n) is 5.44. The predicted octanol–water partition coefficient (Wildman–Crippen LogP) is 0.610. The van der Waals surface area contributed by atoms with Crippen LogP contribution in [0.2, 0.25) is 0 Å². The van der Waals surface area contributed by atoms with Crippen LogP contribution in [0.25, 0.3) is 0 Å². The van der Waals surface area contributed by atoms with Crippen molar-refractivity contribution < 1.29 is 14.7 Å². The Bertz CT molecular complexity index is 340. The first-order valence-corrected chi connectivity index (χ1v) is 6.59. The second-order valence-electron chi connectivity index (χ2n) is 3.70. The minimum Gasteiger partial charge on any atom is -0.480 e. The number of rotatable bonds is 3. The fraction of sp³-hybridized carbons (Fsp3) is 0.636. The minimum atomic E-state index is -0.971. The summed E-state index contributed by atoms with van der Waals surface area (Å²) in [6.45, 7) is 2.31. The van der Waals surface area contributed by atoms with Crippen LogP contribution in [-0.2, 0) is 4.79 Å². The fourth-order valence-corrected chi connectivity index (χ4v) is 2.58. The lowest BCUT2D eigenvalue weighted by Gasteiger charge is -2.33. The molecule has 0 radical (unpaired) electrons. The number of nitrogens with one attached hydrogen (secondary N) is 1. The highest BCUT2D eigenvalue weighted by Gasteiger charge is 2.32. The zero-order valence-electron chi connectivity index (χ0n) is 9.68. The normalized spacial score (nSPS) is 21.4. The minimum absolute atomic E-state index is 0.341. The molecule has 0 aromatic heterocycles. The van der Waals surface area contributed by atoms with E-state index in [0.29, 0.717) is 18.7 Å². The first kappa shape index (κ1) is 13.7. The smallest absolute Gasteiger partial charge is 0.327 e. The van der Waals surface area contributed by atoms with Crippen molar-refractivity contribution in [1.29, 1.82) is 0 Å². The van der Waals surface area contributed by atoms with E-state index < -0.39 is 12.0 Å². The molecule has 94 valence electrons. The molecule has 2 unspecified atom stereocenters. The summed E-state index contributed by atoms with van der Waals surface area (Å²) in [6.07, 6.45) is 5.88. The second-order valence-corrected chi connectivity index (χ2v) is 4.85. The molecule has 2 amide bonds. The zero-order valence-corrected chi connectivity index (χ0v) is 10.5. The van der Waals surface area contributed by atoms with E-state index in [9.17, 15) is 9.59 Å². The summed E-state index contributed by atoms with van der Waals surface area (Å²) in [7, 11) is 0. The lowest BCUT2D eigenvalue weighted by Crippen LogP contribution is -2.55. The summed E-state index contributed by atoms with van der Waals surface area (Å²) in [4.78, 5) is 24.3. The summed E-state index contributed by atoms with van der Waals surface area (Å²) in [6, 6.07) is -1.49. The van der Waals surface area contributed by atoms with E-state index in [1.54, 1.807) is 11.8 Å². The molecule has 2 N–H and O–H groups in total. The van der Waals surface area contributed by atoms with Gasteiger partial charge in [-0.1, -0.05) is 12.8 Å². The van der Waals surface area contributed by atoms with E-state index in [2.05, 4.69) is 11.2 Å². The SMILES string of the molecule is C#CC(CC)NC(=O)N1CCSCC1C(=O)O. The Balaban J connectivity index is 2.65. The molecular formula is C11H16N2O3S. The van der Waals surface area contributed by atoms with Crippen LogP contribution < -0.4 is 5.32 Å². The van der Waals surface area contributed by atoms with Crippen molar-refractivity contribution in [2.75, 3.05) is 18.1 Å². The van der Waals surface area contributed by atoms with Gasteiger partial charge in [0.1, 0.15) is 6.04 Å². The largest absolute Gasteiger partial charge is 0.480 e. The molecule has 1 aliphatic heterocycles. The quantitative estimate of drug-likeness (QED) is 0.726. The topological polar surface area (TPSA) is 69.6 Å². The Morgan fingerprint density at radius 2 is 2.41 bits per heavy atom. The number of carbonyl (C=O) groups is 2. The Morgan fingerprint density at radius 3 is 2.94 bits per heavy atom. The van der Waals surface area contributed by atoms with E-state index in [1.807, 2.05) is 6.92 Å². The number of hydrogen-bond donors (Lipinski definition) is 2. The van der Waals surface area contributed by atoms with Gasteiger partial charge < -0.3 is 15.3 Å². The fourth-order valence-electron chi connectivity index (χ4n) is 1.54. The summed E-state index contributed by atoms with van der Waals surface area (Å²) in [5, 5.41) is 11.7. The first-order chi connectivity index (χ1) is 8.10. The maximum Gasteiger partial charge on any atom is 0.327 e. The van der Waals surface area contributed by atoms with Gasteiger partial charge in [-0.15, -0.1) is 6.42 Å². The molecular weight excluding hydrogens is 240 g/mol. The number of nitrogens with zero attached hydrogens (tertiary/aromatic N) is 1. The Morgan fingerprint density at radius 1 is 1.71 bits per heavy atom. The number of carbonyl (C=O) groups excluding carboxylic acids is 1. The van der Waals surface area contributed by atoms with Gasteiger partial charge in [0.25, 0.3) is 0 Å². The van der Waals surface area contributed by atoms with Gasteiger partial charge in [0.05, 0.1) is 6.04 Å². The molecule has 0 saturated carbocycles. The van der Waals surface area contributed by atoms with Gasteiger partial charge in [-0.3, -0.25) is 0 Å². The molecule has 1 saturated heterocycles. The van der Waals surface area contributed by atoms with Crippen LogP contribution in [0.3, 0.4) is 0 Å². The molecule has 17 heavy (non-hydrogen) atoms. The third kappa shape index (κ3) is 3.56. The molecule has 2 atom stereocenters. The van der Waals surface area contributed by atoms with Gasteiger partial charge in [0.2, 0.25) is 0 Å². The van der Waals surface area contributed by atoms with Gasteiger partial charge in [-0.05, 0) is 6.42 Å². The molecule has 0 aromatic carbocycles. The predicted molar refractivity (Wildman–Crippen MR) is 66.9 cm³/mol. The van der Waals surface area contributed by atoms with Gasteiger partial charge in [-0.2, -0.15) is 11.8 Å². The number of amides is 2. The van der Waals surface area contributed by atoms with Crippen LogP contribution in [0, 0.1) is 12.3 Å². The van der Waals surface area contributed by atoms with Crippen LogP contribution >= 0.6 is 11.8 Å². The average Bonchev–Trinajstić information content (AvgIpc) is 2.35. The lowest BCUT2D eigenvalue weighted by atomic mass is 10.2. The monoisotopic (exact) mass is 256 g/mol. The number of carboxylic acid groups (broad SMARTS) is 1. The highest BCUT2D eigenvalue weighted by atomic mass is 32.2. The highest BCUT2D eigenvalue weighted by Crippen LogP contribution is 2.16. The van der Waals surface area contributed by atoms with E-state index >= 15 is 0 Å². The van der Waals surface area contributed by atoms with Crippen LogP contribution in [0.5, 0.6) is 0 Å². The standard InChI is InChI=1S/C11H16N2O3S/c1-3-8(4-2)12-11(16)13-5-6-17-7-9(13)10(14)15/h1,8-9H,4-7H2,2H3,(H,12,16)(H,14,15). The molecule has 0 spiro atoms. The van der Waals surface area contributed by atoms with Crippen molar-refractivity contribution in [1.82, 2.24) is 10.2 Å². The summed E-state index contributed by atoms with van der Waals surface area (Å²) in [5.41, 5.74) is 0. The average molecular weight is 256 g/mol. The number of aliphatic carboxylic acids is 1. The van der Waals surface area contributed by atoms with Crippen molar-refractivity contribution in [3.63, 3.8) is 0 Å². The Hall–Kier alpha value is -1.35. The Kier molecular flexibility index (Phi) is 5.16. The van der Waals surface area contributed by atoms with Crippen molar-refractivity contribution in [2.45, 2.75) is 25.4 Å². The Labute approximate surface area is 105 Å². The van der Waals surface area contributed by atoms with E-state index in [0.717, 1.165) is 5.75 Å². The third-order valence-electron chi connectivity index (χ3n) is 2.58. The number of urea groups is 1.